The van der Waals surface area contributed by atoms with Gasteiger partial charge in [-0.25, -0.2) is 0 Å². The molecule has 0 radical (unpaired) electrons. The summed E-state index contributed by atoms with van der Waals surface area (Å²) in [6.07, 6.45) is -5.05. The topological polar surface area (TPSA) is 93.8 Å². The van der Waals surface area contributed by atoms with Crippen LogP contribution in [0, 0.1) is 0 Å². The fourth-order valence-corrected chi connectivity index (χ4v) is 5.26. The smallest absolute Gasteiger partial charge is 0.453 e. The van der Waals surface area contributed by atoms with E-state index in [1.165, 1.54) is 24.3 Å². The van der Waals surface area contributed by atoms with Crippen LogP contribution in [0.1, 0.15) is 23.8 Å². The fourth-order valence-electron chi connectivity index (χ4n) is 5.26. The Hall–Kier alpha value is -4.42. The summed E-state index contributed by atoms with van der Waals surface area (Å²) in [4.78, 5) is 17.7. The molecule has 1 fully saturated rings. The Labute approximate surface area is 244 Å². The van der Waals surface area contributed by atoms with Crippen molar-refractivity contribution in [2.45, 2.75) is 26.2 Å². The Morgan fingerprint density at radius 2 is 1.60 bits per heavy atom. The molecule has 0 bridgehead atoms. The SMILES string of the molecule is CCOc1ccccc1Oc1c(C(F)(F)F)oc2c(CN3CCN(Cc4ccc5c(c4)OCO5)CC3)c(O)ccc2c1=O. The minimum Gasteiger partial charge on any atom is -0.507 e. The summed E-state index contributed by atoms with van der Waals surface area (Å²) in [5.74, 6) is -1.28. The summed E-state index contributed by atoms with van der Waals surface area (Å²) in [5.41, 5.74) is -0.154. The van der Waals surface area contributed by atoms with E-state index in [0.29, 0.717) is 38.5 Å². The quantitative estimate of drug-likeness (QED) is 0.272. The van der Waals surface area contributed by atoms with E-state index in [9.17, 15) is 23.1 Å². The summed E-state index contributed by atoms with van der Waals surface area (Å²) in [7, 11) is 0. The standard InChI is InChI=1S/C31H29F3N2O7/c1-2-39-23-5-3-4-6-25(23)42-29-27(38)20-8-9-22(37)21(28(20)43-30(29)31(32,33)34)17-36-13-11-35(12-14-36)16-19-7-10-24-26(15-19)41-18-40-24/h3-10,15,37H,2,11-14,16-18H2,1H3. The van der Waals surface area contributed by atoms with Crippen LogP contribution >= 0.6 is 0 Å². The number of para-hydroxylation sites is 2. The van der Waals surface area contributed by atoms with Gasteiger partial charge < -0.3 is 28.5 Å². The maximum absolute atomic E-state index is 14.3. The maximum Gasteiger partial charge on any atom is 0.453 e. The van der Waals surface area contributed by atoms with Gasteiger partial charge in [0, 0.05) is 39.3 Å². The number of phenolic OH excluding ortho intramolecular Hbond substituents is 1. The van der Waals surface area contributed by atoms with Crippen LogP contribution in [0.2, 0.25) is 0 Å². The minimum atomic E-state index is -5.05. The third-order valence-corrected chi connectivity index (χ3v) is 7.41. The molecule has 9 nitrogen and oxygen atoms in total. The molecule has 2 aliphatic rings. The largest absolute Gasteiger partial charge is 0.507 e. The lowest BCUT2D eigenvalue weighted by atomic mass is 10.1. The molecule has 0 unspecified atom stereocenters. The predicted octanol–water partition coefficient (Wildman–Crippen LogP) is 5.75. The molecule has 3 aromatic carbocycles. The molecule has 43 heavy (non-hydrogen) atoms. The van der Waals surface area contributed by atoms with Gasteiger partial charge in [-0.15, -0.1) is 0 Å². The highest BCUT2D eigenvalue weighted by Gasteiger charge is 2.41. The monoisotopic (exact) mass is 598 g/mol. The number of aromatic hydroxyl groups is 1. The summed E-state index contributed by atoms with van der Waals surface area (Å²) < 4.78 is 70.0. The molecular weight excluding hydrogens is 569 g/mol. The van der Waals surface area contributed by atoms with E-state index in [4.69, 9.17) is 23.4 Å². The number of piperazine rings is 1. The van der Waals surface area contributed by atoms with E-state index in [-0.39, 0.29) is 53.7 Å². The normalized spacial score (nSPS) is 15.6. The Morgan fingerprint density at radius 1 is 0.907 bits per heavy atom. The van der Waals surface area contributed by atoms with Crippen molar-refractivity contribution in [3.05, 3.63) is 81.7 Å². The van der Waals surface area contributed by atoms with Crippen molar-refractivity contribution in [1.29, 1.82) is 0 Å². The minimum absolute atomic E-state index is 0.0564. The number of benzene rings is 3. The fraction of sp³-hybridized carbons (Fsp3) is 0.323. The lowest BCUT2D eigenvalue weighted by molar-refractivity contribution is -0.154. The zero-order chi connectivity index (χ0) is 30.1. The Balaban J connectivity index is 1.25. The van der Waals surface area contributed by atoms with Crippen LogP contribution in [0.25, 0.3) is 11.0 Å². The van der Waals surface area contributed by atoms with Crippen molar-refractivity contribution >= 4 is 11.0 Å². The number of fused-ring (bicyclic) bond motifs is 2. The van der Waals surface area contributed by atoms with Crippen molar-refractivity contribution in [2.75, 3.05) is 39.6 Å². The average molecular weight is 599 g/mol. The van der Waals surface area contributed by atoms with E-state index in [0.717, 1.165) is 11.3 Å². The number of phenols is 1. The Bertz CT molecular complexity index is 1700. The van der Waals surface area contributed by atoms with Crippen molar-refractivity contribution < 1.29 is 41.6 Å². The highest BCUT2D eigenvalue weighted by atomic mass is 19.4. The molecule has 226 valence electrons. The van der Waals surface area contributed by atoms with Crippen LogP contribution in [0.3, 0.4) is 0 Å². The lowest BCUT2D eigenvalue weighted by Crippen LogP contribution is -2.45. The molecule has 12 heteroatoms. The maximum atomic E-state index is 14.3. The molecule has 1 aromatic heterocycles. The van der Waals surface area contributed by atoms with Gasteiger partial charge >= 0.3 is 6.18 Å². The summed E-state index contributed by atoms with van der Waals surface area (Å²) in [6, 6.07) is 14.5. The first kappa shape index (κ1) is 28.7. The van der Waals surface area contributed by atoms with Gasteiger partial charge in [-0.1, -0.05) is 18.2 Å². The molecule has 3 heterocycles. The molecule has 0 spiro atoms. The van der Waals surface area contributed by atoms with E-state index >= 15 is 0 Å². The number of nitrogens with zero attached hydrogens (tertiary/aromatic N) is 2. The highest BCUT2D eigenvalue weighted by molar-refractivity contribution is 5.83. The number of ether oxygens (including phenoxy) is 4. The molecule has 2 aliphatic heterocycles. The third-order valence-electron chi connectivity index (χ3n) is 7.41. The van der Waals surface area contributed by atoms with Gasteiger partial charge in [0.25, 0.3) is 5.76 Å². The van der Waals surface area contributed by atoms with E-state index in [1.807, 2.05) is 23.1 Å². The Morgan fingerprint density at radius 3 is 2.33 bits per heavy atom. The van der Waals surface area contributed by atoms with Gasteiger partial charge in [-0.3, -0.25) is 14.6 Å². The highest BCUT2D eigenvalue weighted by Crippen LogP contribution is 2.41. The van der Waals surface area contributed by atoms with Crippen LogP contribution < -0.4 is 24.4 Å². The van der Waals surface area contributed by atoms with Gasteiger partial charge in [0.05, 0.1) is 17.6 Å². The number of hydrogen-bond donors (Lipinski definition) is 1. The first-order valence-corrected chi connectivity index (χ1v) is 13.8. The van der Waals surface area contributed by atoms with E-state index < -0.39 is 23.1 Å². The first-order valence-electron chi connectivity index (χ1n) is 13.8. The van der Waals surface area contributed by atoms with Crippen molar-refractivity contribution in [1.82, 2.24) is 9.80 Å². The summed E-state index contributed by atoms with van der Waals surface area (Å²) in [6.45, 7) is 5.52. The predicted molar refractivity (Wildman–Crippen MR) is 150 cm³/mol. The van der Waals surface area contributed by atoms with Crippen LogP contribution in [0.5, 0.6) is 34.5 Å². The summed E-state index contributed by atoms with van der Waals surface area (Å²) in [5, 5.41) is 10.6. The number of halogens is 3. The second kappa shape index (κ2) is 11.7. The second-order valence-electron chi connectivity index (χ2n) is 10.2. The molecule has 6 rings (SSSR count). The number of alkyl halides is 3. The van der Waals surface area contributed by atoms with Crippen LogP contribution in [-0.2, 0) is 19.3 Å². The average Bonchev–Trinajstić information content (AvgIpc) is 3.45. The third kappa shape index (κ3) is 5.93. The molecule has 1 saturated heterocycles. The molecule has 0 saturated carbocycles. The number of rotatable bonds is 8. The Kier molecular flexibility index (Phi) is 7.80. The molecule has 4 aromatic rings. The molecule has 0 atom stereocenters. The van der Waals surface area contributed by atoms with Gasteiger partial charge in [-0.2, -0.15) is 13.2 Å². The van der Waals surface area contributed by atoms with Crippen LogP contribution in [0.4, 0.5) is 13.2 Å². The van der Waals surface area contributed by atoms with Gasteiger partial charge in [0.1, 0.15) is 11.3 Å². The van der Waals surface area contributed by atoms with Gasteiger partial charge in [0.15, 0.2) is 23.0 Å². The van der Waals surface area contributed by atoms with Crippen molar-refractivity contribution in [2.24, 2.45) is 0 Å². The van der Waals surface area contributed by atoms with E-state index in [1.54, 1.807) is 19.1 Å². The van der Waals surface area contributed by atoms with E-state index in [2.05, 4.69) is 4.90 Å². The second-order valence-corrected chi connectivity index (χ2v) is 10.2. The van der Waals surface area contributed by atoms with Crippen LogP contribution in [-0.4, -0.2) is 54.5 Å². The molecular formula is C31H29F3N2O7. The number of hydrogen-bond acceptors (Lipinski definition) is 9. The first-order chi connectivity index (χ1) is 20.7. The zero-order valence-corrected chi connectivity index (χ0v) is 23.3. The molecule has 1 N–H and O–H groups in total. The van der Waals surface area contributed by atoms with Crippen molar-refractivity contribution in [3.8, 4) is 34.5 Å². The summed E-state index contributed by atoms with van der Waals surface area (Å²) >= 11 is 0. The molecule has 0 aliphatic carbocycles. The van der Waals surface area contributed by atoms with Crippen molar-refractivity contribution in [3.63, 3.8) is 0 Å². The zero-order valence-electron chi connectivity index (χ0n) is 23.3. The van der Waals surface area contributed by atoms with Gasteiger partial charge in [0.2, 0.25) is 18.0 Å². The van der Waals surface area contributed by atoms with Crippen LogP contribution in [0.15, 0.2) is 63.8 Å². The molecule has 0 amide bonds. The lowest BCUT2D eigenvalue weighted by Gasteiger charge is -2.35. The van der Waals surface area contributed by atoms with Gasteiger partial charge in [-0.05, 0) is 48.9 Å².